The molecule has 0 N–H and O–H groups in total. The fourth-order valence-corrected chi connectivity index (χ4v) is 63.0. The van der Waals surface area contributed by atoms with Crippen molar-refractivity contribution >= 4 is 17.6 Å². The number of rotatable bonds is 12. The molecular weight excluding hydrogens is 759 g/mol. The van der Waals surface area contributed by atoms with Crippen LogP contribution in [-0.2, 0) is 17.1 Å². The first-order chi connectivity index (χ1) is 23.1. The van der Waals surface area contributed by atoms with Crippen LogP contribution in [0.25, 0.3) is 34.4 Å². The number of benzene rings is 4. The molecular formula is C46H58HfSi. The Morgan fingerprint density at radius 1 is 0.542 bits per heavy atom. The van der Waals surface area contributed by atoms with Gasteiger partial charge >= 0.3 is 295 Å². The summed E-state index contributed by atoms with van der Waals surface area (Å²) in [7, 11) is 0. The SMILES string of the molecule is CCCCC[Si](CCCCC)=[Hf]([CH3])([CH3])([CH]1C=Cc2c(-c3cc(C)ccc3C)cccc21)[CH]1C=Cc2c(-c3cc(C)ccc3C)cccc21. The second-order valence-corrected chi connectivity index (χ2v) is 62.0. The summed E-state index contributed by atoms with van der Waals surface area (Å²) in [5.74, 6) is 0. The molecule has 2 aliphatic rings. The van der Waals surface area contributed by atoms with Gasteiger partial charge in [0.25, 0.3) is 0 Å². The first kappa shape index (κ1) is 35.3. The Kier molecular flexibility index (Phi) is 10.6. The predicted molar refractivity (Wildman–Crippen MR) is 212 cm³/mol. The summed E-state index contributed by atoms with van der Waals surface area (Å²) in [5, 5.41) is 0. The summed E-state index contributed by atoms with van der Waals surface area (Å²) >= 11 is -3.97. The van der Waals surface area contributed by atoms with Gasteiger partial charge in [0, 0.05) is 0 Å². The summed E-state index contributed by atoms with van der Waals surface area (Å²) in [4.78, 5) is 0. The molecule has 0 radical (unpaired) electrons. The Hall–Kier alpha value is -2.55. The standard InChI is InChI=1S/2C17H15.C10H22Si.2CH3.Hf/c2*1-12-9-10-13(2)17(11-12)16-8-4-6-14-5-3-7-15(14)16;1-3-5-7-9-11-10-8-6-4-2;;;/h2*3-11H,1-2H3;3-10H2,1-2H3;2*1H3;. The van der Waals surface area contributed by atoms with Crippen LogP contribution < -0.4 is 0 Å². The monoisotopic (exact) mass is 818 g/mol. The second kappa shape index (κ2) is 14.4. The molecule has 2 heteroatoms. The second-order valence-electron chi connectivity index (χ2n) is 16.1. The molecule has 4 aromatic rings. The molecule has 0 bridgehead atoms. The third kappa shape index (κ3) is 6.30. The zero-order valence-electron chi connectivity index (χ0n) is 31.0. The molecule has 250 valence electrons. The molecule has 2 unspecified atom stereocenters. The van der Waals surface area contributed by atoms with E-state index in [9.17, 15) is 0 Å². The first-order valence-electron chi connectivity index (χ1n) is 18.9. The minimum absolute atomic E-state index is 0.573. The van der Waals surface area contributed by atoms with Gasteiger partial charge in [0.05, 0.1) is 0 Å². The molecule has 0 spiro atoms. The van der Waals surface area contributed by atoms with Crippen molar-refractivity contribution in [3.63, 3.8) is 0 Å². The number of fused-ring (bicyclic) bond motifs is 2. The molecule has 2 atom stereocenters. The van der Waals surface area contributed by atoms with Crippen molar-refractivity contribution in [2.24, 2.45) is 0 Å². The maximum atomic E-state index is 2.97. The average Bonchev–Trinajstić information content (AvgIpc) is 3.73. The van der Waals surface area contributed by atoms with Crippen LogP contribution in [0.4, 0.5) is 0 Å². The van der Waals surface area contributed by atoms with E-state index in [1.807, 2.05) is 0 Å². The van der Waals surface area contributed by atoms with Crippen molar-refractivity contribution in [1.82, 2.24) is 0 Å². The average molecular weight is 818 g/mol. The van der Waals surface area contributed by atoms with E-state index in [-0.39, 0.29) is 0 Å². The summed E-state index contributed by atoms with van der Waals surface area (Å²) in [6, 6.07) is 31.5. The topological polar surface area (TPSA) is 0 Å². The van der Waals surface area contributed by atoms with Crippen molar-refractivity contribution in [3.8, 4) is 22.3 Å². The Bertz CT molecular complexity index is 1830. The summed E-state index contributed by atoms with van der Waals surface area (Å²) in [5.41, 5.74) is 16.7. The van der Waals surface area contributed by atoms with Crippen molar-refractivity contribution in [1.29, 1.82) is 0 Å². The van der Waals surface area contributed by atoms with Crippen LogP contribution in [0.15, 0.2) is 84.9 Å². The predicted octanol–water partition coefficient (Wildman–Crippen LogP) is 14.2. The van der Waals surface area contributed by atoms with Crippen LogP contribution in [0.3, 0.4) is 0 Å². The fraction of sp³-hybridized carbons (Fsp3) is 0.391. The molecule has 0 fully saturated rings. The molecule has 0 aliphatic heterocycles. The molecule has 0 heterocycles. The Labute approximate surface area is 293 Å². The fourth-order valence-electron chi connectivity index (χ4n) is 9.47. The van der Waals surface area contributed by atoms with Crippen LogP contribution in [-0.4, -0.2) is 5.49 Å². The van der Waals surface area contributed by atoms with E-state index >= 15 is 0 Å². The number of aryl methyl sites for hydroxylation is 4. The molecule has 0 saturated carbocycles. The molecule has 0 nitrogen and oxygen atoms in total. The van der Waals surface area contributed by atoms with Crippen LogP contribution in [0, 0.1) is 27.7 Å². The zero-order valence-corrected chi connectivity index (χ0v) is 35.6. The molecule has 6 rings (SSSR count). The van der Waals surface area contributed by atoms with E-state index in [2.05, 4.69) is 148 Å². The van der Waals surface area contributed by atoms with Gasteiger partial charge in [0.1, 0.15) is 0 Å². The van der Waals surface area contributed by atoms with E-state index < -0.39 is 22.6 Å². The number of unbranched alkanes of at least 4 members (excludes halogenated alkanes) is 4. The Morgan fingerprint density at radius 2 is 0.979 bits per heavy atom. The van der Waals surface area contributed by atoms with Crippen molar-refractivity contribution in [2.45, 2.75) is 109 Å². The van der Waals surface area contributed by atoms with Gasteiger partial charge in [-0.15, -0.1) is 0 Å². The van der Waals surface area contributed by atoms with Gasteiger partial charge in [0.15, 0.2) is 0 Å². The van der Waals surface area contributed by atoms with Gasteiger partial charge < -0.3 is 0 Å². The number of hydrogen-bond acceptors (Lipinski definition) is 0. The summed E-state index contributed by atoms with van der Waals surface area (Å²) in [6.45, 7) is 13.8. The number of allylic oxidation sites excluding steroid dienone is 2. The van der Waals surface area contributed by atoms with Gasteiger partial charge in [-0.25, -0.2) is 0 Å². The zero-order chi connectivity index (χ0) is 34.1. The first-order valence-corrected chi connectivity index (χ1v) is 37.5. The van der Waals surface area contributed by atoms with Gasteiger partial charge in [-0.1, -0.05) is 0 Å². The van der Waals surface area contributed by atoms with E-state index in [1.165, 1.54) is 106 Å². The van der Waals surface area contributed by atoms with Crippen molar-refractivity contribution in [2.75, 3.05) is 0 Å². The third-order valence-electron chi connectivity index (χ3n) is 12.4. The van der Waals surface area contributed by atoms with Crippen molar-refractivity contribution in [3.05, 3.63) is 129 Å². The summed E-state index contributed by atoms with van der Waals surface area (Å²) in [6.07, 6.45) is 18.8. The molecule has 2 aliphatic carbocycles. The Morgan fingerprint density at radius 3 is 1.40 bits per heavy atom. The summed E-state index contributed by atoms with van der Waals surface area (Å²) < 4.78 is 7.08. The molecule has 0 aromatic heterocycles. The van der Waals surface area contributed by atoms with Crippen LogP contribution in [0.1, 0.15) is 104 Å². The maximum absolute atomic E-state index is 3.97. The molecule has 0 amide bonds. The van der Waals surface area contributed by atoms with E-state index in [1.54, 1.807) is 11.1 Å². The van der Waals surface area contributed by atoms with E-state index in [0.29, 0.717) is 7.35 Å². The quantitative estimate of drug-likeness (QED) is 0.0987. The normalized spacial score (nSPS) is 16.8. The Balaban J connectivity index is 1.60. The van der Waals surface area contributed by atoms with Crippen LogP contribution in [0.2, 0.25) is 21.4 Å². The minimum atomic E-state index is -3.97. The molecule has 0 saturated heterocycles. The van der Waals surface area contributed by atoms with Crippen LogP contribution >= 0.6 is 0 Å². The molecule has 48 heavy (non-hydrogen) atoms. The van der Waals surface area contributed by atoms with Gasteiger partial charge in [0.2, 0.25) is 0 Å². The van der Waals surface area contributed by atoms with Gasteiger partial charge in [-0.2, -0.15) is 0 Å². The van der Waals surface area contributed by atoms with Gasteiger partial charge in [-0.05, 0) is 0 Å². The van der Waals surface area contributed by atoms with E-state index in [0.717, 1.165) is 0 Å². The molecule has 4 aromatic carbocycles. The number of hydrogen-bond donors (Lipinski definition) is 0. The van der Waals surface area contributed by atoms with E-state index in [4.69, 9.17) is 0 Å². The van der Waals surface area contributed by atoms with Gasteiger partial charge in [-0.3, -0.25) is 0 Å². The third-order valence-corrected chi connectivity index (χ3v) is 68.5. The van der Waals surface area contributed by atoms with Crippen molar-refractivity contribution < 1.29 is 17.1 Å². The van der Waals surface area contributed by atoms with Crippen LogP contribution in [0.5, 0.6) is 0 Å².